The third-order valence-electron chi connectivity index (χ3n) is 4.34. The summed E-state index contributed by atoms with van der Waals surface area (Å²) in [5, 5.41) is 2.87. The molecule has 0 aliphatic carbocycles. The second-order valence-corrected chi connectivity index (χ2v) is 6.19. The van der Waals surface area contributed by atoms with Gasteiger partial charge in [0.05, 0.1) is 12.2 Å². The summed E-state index contributed by atoms with van der Waals surface area (Å²) >= 11 is 0. The van der Waals surface area contributed by atoms with Gasteiger partial charge < -0.3 is 24.4 Å². The fraction of sp³-hybridized carbons (Fsp3) is 0.316. The van der Waals surface area contributed by atoms with Crippen LogP contribution in [0.2, 0.25) is 0 Å². The topological polar surface area (TPSA) is 60.0 Å². The molecule has 2 amide bonds. The van der Waals surface area contributed by atoms with E-state index in [9.17, 15) is 9.18 Å². The van der Waals surface area contributed by atoms with Crippen molar-refractivity contribution in [3.8, 4) is 17.2 Å². The van der Waals surface area contributed by atoms with E-state index in [-0.39, 0.29) is 18.0 Å². The molecule has 0 bridgehead atoms. The number of benzene rings is 2. The second-order valence-electron chi connectivity index (χ2n) is 6.19. The van der Waals surface area contributed by atoms with Crippen molar-refractivity contribution in [2.75, 3.05) is 31.6 Å². The number of para-hydroxylation sites is 1. The molecular weight excluding hydrogens is 339 g/mol. The molecule has 2 aliphatic heterocycles. The first-order valence-electron chi connectivity index (χ1n) is 8.56. The molecule has 2 aromatic carbocycles. The van der Waals surface area contributed by atoms with Gasteiger partial charge in [0.15, 0.2) is 11.5 Å². The highest BCUT2D eigenvalue weighted by atomic mass is 19.1. The number of hydrogen-bond acceptors (Lipinski definition) is 4. The lowest BCUT2D eigenvalue weighted by atomic mass is 10.2. The van der Waals surface area contributed by atoms with Gasteiger partial charge in [0.25, 0.3) is 0 Å². The van der Waals surface area contributed by atoms with Gasteiger partial charge in [-0.25, -0.2) is 9.18 Å². The van der Waals surface area contributed by atoms with Crippen LogP contribution in [0.4, 0.5) is 14.9 Å². The Morgan fingerprint density at radius 1 is 1.19 bits per heavy atom. The van der Waals surface area contributed by atoms with Crippen LogP contribution in [0.3, 0.4) is 0 Å². The predicted molar refractivity (Wildman–Crippen MR) is 93.5 cm³/mol. The molecule has 0 spiro atoms. The summed E-state index contributed by atoms with van der Waals surface area (Å²) in [6.07, 6.45) is 0.531. The molecule has 0 radical (unpaired) electrons. The van der Waals surface area contributed by atoms with Crippen LogP contribution in [0, 0.1) is 5.82 Å². The number of fused-ring (bicyclic) bond motifs is 1. The Labute approximate surface area is 150 Å². The van der Waals surface area contributed by atoms with Crippen molar-refractivity contribution < 1.29 is 23.4 Å². The lowest BCUT2D eigenvalue weighted by molar-refractivity contribution is 0.172. The van der Waals surface area contributed by atoms with Gasteiger partial charge in [0, 0.05) is 19.0 Å². The van der Waals surface area contributed by atoms with Crippen LogP contribution in [0.1, 0.15) is 6.42 Å². The molecule has 1 atom stereocenters. The second kappa shape index (κ2) is 7.11. The Morgan fingerprint density at radius 2 is 2.04 bits per heavy atom. The Morgan fingerprint density at radius 3 is 2.92 bits per heavy atom. The van der Waals surface area contributed by atoms with Crippen molar-refractivity contribution >= 4 is 11.7 Å². The first-order chi connectivity index (χ1) is 12.7. The zero-order valence-corrected chi connectivity index (χ0v) is 14.1. The number of ether oxygens (including phenoxy) is 3. The maximum absolute atomic E-state index is 13.2. The molecule has 2 heterocycles. The molecule has 26 heavy (non-hydrogen) atoms. The van der Waals surface area contributed by atoms with Crippen molar-refractivity contribution in [1.29, 1.82) is 0 Å². The van der Waals surface area contributed by atoms with Crippen LogP contribution in [-0.2, 0) is 0 Å². The summed E-state index contributed by atoms with van der Waals surface area (Å²) in [7, 11) is 0. The maximum Gasteiger partial charge on any atom is 0.322 e. The molecule has 0 saturated carbocycles. The van der Waals surface area contributed by atoms with Gasteiger partial charge in [-0.05, 0) is 24.3 Å². The SMILES string of the molecule is O=C(Nc1cccc2c1OCCO2)N1CCC(Oc2cccc(F)c2)C1. The first kappa shape index (κ1) is 16.5. The van der Waals surface area contributed by atoms with E-state index >= 15 is 0 Å². The Kier molecular flexibility index (Phi) is 4.51. The van der Waals surface area contributed by atoms with Crippen molar-refractivity contribution in [3.05, 3.63) is 48.3 Å². The van der Waals surface area contributed by atoms with Crippen molar-refractivity contribution in [2.45, 2.75) is 12.5 Å². The van der Waals surface area contributed by atoms with Crippen molar-refractivity contribution in [2.24, 2.45) is 0 Å². The Bertz CT molecular complexity index is 814. The number of urea groups is 1. The summed E-state index contributed by atoms with van der Waals surface area (Å²) < 4.78 is 30.2. The van der Waals surface area contributed by atoms with E-state index < -0.39 is 0 Å². The van der Waals surface area contributed by atoms with E-state index in [0.717, 1.165) is 0 Å². The van der Waals surface area contributed by atoms with Crippen LogP contribution >= 0.6 is 0 Å². The molecule has 1 N–H and O–H groups in total. The van der Waals surface area contributed by atoms with Crippen molar-refractivity contribution in [3.63, 3.8) is 0 Å². The highest BCUT2D eigenvalue weighted by molar-refractivity contribution is 5.91. The fourth-order valence-electron chi connectivity index (χ4n) is 3.11. The van der Waals surface area contributed by atoms with E-state index in [0.29, 0.717) is 55.7 Å². The molecule has 0 aromatic heterocycles. The van der Waals surface area contributed by atoms with Gasteiger partial charge in [-0.15, -0.1) is 0 Å². The van der Waals surface area contributed by atoms with E-state index in [2.05, 4.69) is 5.32 Å². The zero-order valence-electron chi connectivity index (χ0n) is 14.1. The normalized spacial score (nSPS) is 18.5. The zero-order chi connectivity index (χ0) is 17.9. The average Bonchev–Trinajstić information content (AvgIpc) is 3.11. The van der Waals surface area contributed by atoms with Crippen LogP contribution < -0.4 is 19.5 Å². The third-order valence-corrected chi connectivity index (χ3v) is 4.34. The smallest absolute Gasteiger partial charge is 0.322 e. The van der Waals surface area contributed by atoms with Crippen LogP contribution in [0.5, 0.6) is 17.2 Å². The van der Waals surface area contributed by atoms with E-state index in [1.165, 1.54) is 12.1 Å². The number of anilines is 1. The summed E-state index contributed by atoms with van der Waals surface area (Å²) in [5.74, 6) is 1.31. The van der Waals surface area contributed by atoms with Crippen molar-refractivity contribution in [1.82, 2.24) is 4.90 Å². The number of likely N-dealkylation sites (tertiary alicyclic amines) is 1. The summed E-state index contributed by atoms with van der Waals surface area (Å²) in [6, 6.07) is 11.2. The fourth-order valence-corrected chi connectivity index (χ4v) is 3.11. The number of carbonyl (C=O) groups is 1. The molecule has 1 unspecified atom stereocenters. The molecule has 4 rings (SSSR count). The number of nitrogens with zero attached hydrogens (tertiary/aromatic N) is 1. The minimum atomic E-state index is -0.342. The lowest BCUT2D eigenvalue weighted by Crippen LogP contribution is -2.34. The monoisotopic (exact) mass is 358 g/mol. The molecule has 6 nitrogen and oxygen atoms in total. The third kappa shape index (κ3) is 3.51. The van der Waals surface area contributed by atoms with E-state index in [1.807, 2.05) is 12.1 Å². The molecule has 1 fully saturated rings. The first-order valence-corrected chi connectivity index (χ1v) is 8.56. The standard InChI is InChI=1S/C19H19FN2O4/c20-13-3-1-4-14(11-13)26-15-7-8-22(12-15)19(23)21-16-5-2-6-17-18(16)25-10-9-24-17/h1-6,11,15H,7-10,12H2,(H,21,23). The van der Waals surface area contributed by atoms with Gasteiger partial charge >= 0.3 is 6.03 Å². The molecule has 7 heteroatoms. The maximum atomic E-state index is 13.2. The molecular formula is C19H19FN2O4. The van der Waals surface area contributed by atoms with Gasteiger partial charge in [-0.2, -0.15) is 0 Å². The molecule has 1 saturated heterocycles. The minimum Gasteiger partial charge on any atom is -0.488 e. The largest absolute Gasteiger partial charge is 0.488 e. The Balaban J connectivity index is 1.38. The molecule has 2 aliphatic rings. The number of nitrogens with one attached hydrogen (secondary N) is 1. The van der Waals surface area contributed by atoms with Gasteiger partial charge in [-0.1, -0.05) is 12.1 Å². The van der Waals surface area contributed by atoms with Crippen LogP contribution in [0.15, 0.2) is 42.5 Å². The summed E-state index contributed by atoms with van der Waals surface area (Å²) in [5.41, 5.74) is 0.585. The molecule has 2 aromatic rings. The Hall–Kier alpha value is -2.96. The number of rotatable bonds is 3. The summed E-state index contributed by atoms with van der Waals surface area (Å²) in [4.78, 5) is 14.2. The van der Waals surface area contributed by atoms with E-state index in [4.69, 9.17) is 14.2 Å². The summed E-state index contributed by atoms with van der Waals surface area (Å²) in [6.45, 7) is 1.95. The number of halogens is 1. The molecule has 136 valence electrons. The van der Waals surface area contributed by atoms with Crippen LogP contribution in [0.25, 0.3) is 0 Å². The van der Waals surface area contributed by atoms with Gasteiger partial charge in [0.2, 0.25) is 0 Å². The van der Waals surface area contributed by atoms with Gasteiger partial charge in [0.1, 0.15) is 30.9 Å². The number of amides is 2. The predicted octanol–water partition coefficient (Wildman–Crippen LogP) is 3.28. The van der Waals surface area contributed by atoms with E-state index in [1.54, 1.807) is 23.1 Å². The minimum absolute atomic E-state index is 0.160. The lowest BCUT2D eigenvalue weighted by Gasteiger charge is -2.23. The van der Waals surface area contributed by atoms with Crippen LogP contribution in [-0.4, -0.2) is 43.3 Å². The number of hydrogen-bond donors (Lipinski definition) is 1. The quantitative estimate of drug-likeness (QED) is 0.915. The average molecular weight is 358 g/mol. The highest BCUT2D eigenvalue weighted by Gasteiger charge is 2.28. The number of carbonyl (C=O) groups excluding carboxylic acids is 1. The van der Waals surface area contributed by atoms with Gasteiger partial charge in [-0.3, -0.25) is 0 Å². The highest BCUT2D eigenvalue weighted by Crippen LogP contribution is 2.37.